The number of fused-ring (bicyclic) bond motifs is 3. The number of nitrogens with one attached hydrogen (secondary N) is 3. The Bertz CT molecular complexity index is 1890. The molecule has 7 N–H and O–H groups in total. The first-order valence-electron chi connectivity index (χ1n) is 18.2. The highest BCUT2D eigenvalue weighted by molar-refractivity contribution is 6.31. The van der Waals surface area contributed by atoms with E-state index in [1.165, 1.54) is 22.3 Å². The molecule has 1 aliphatic heterocycles. The number of hydrogen-bond acceptors (Lipinski definition) is 9. The maximum absolute atomic E-state index is 13.0. The van der Waals surface area contributed by atoms with E-state index in [1.807, 2.05) is 41.3 Å². The van der Waals surface area contributed by atoms with E-state index in [0.29, 0.717) is 32.1 Å². The minimum Gasteiger partial charge on any atom is -0.449 e. The minimum atomic E-state index is -0.516. The van der Waals surface area contributed by atoms with Crippen LogP contribution in [-0.4, -0.2) is 78.7 Å². The fourth-order valence-corrected chi connectivity index (χ4v) is 7.38. The molecule has 2 aliphatic rings. The molecule has 0 saturated carbocycles. The van der Waals surface area contributed by atoms with Gasteiger partial charge in [-0.2, -0.15) is 0 Å². The smallest absolute Gasteiger partial charge is 0.407 e. The van der Waals surface area contributed by atoms with Crippen molar-refractivity contribution in [3.8, 4) is 11.1 Å². The number of ether oxygens (including phenoxy) is 1. The Hall–Kier alpha value is -5.20. The number of nitrogens with zero attached hydrogens (tertiary/aromatic N) is 3. The van der Waals surface area contributed by atoms with Crippen molar-refractivity contribution in [2.75, 3.05) is 57.3 Å². The van der Waals surface area contributed by atoms with Crippen LogP contribution in [0.25, 0.3) is 11.1 Å². The molecule has 278 valence electrons. The number of carbonyl (C=O) groups excluding carboxylic acids is 3. The molecule has 1 saturated heterocycles. The molecule has 12 nitrogen and oxygen atoms in total. The molecule has 0 radical (unpaired) electrons. The molecule has 2 heterocycles. The molecule has 1 unspecified atom stereocenters. The third-order valence-corrected chi connectivity index (χ3v) is 10.5. The van der Waals surface area contributed by atoms with Crippen LogP contribution < -0.4 is 27.4 Å². The molecule has 0 bridgehead atoms. The van der Waals surface area contributed by atoms with Crippen molar-refractivity contribution in [1.29, 1.82) is 0 Å². The Morgan fingerprint density at radius 2 is 1.55 bits per heavy atom. The van der Waals surface area contributed by atoms with Crippen LogP contribution in [0.5, 0.6) is 0 Å². The van der Waals surface area contributed by atoms with E-state index in [1.54, 1.807) is 0 Å². The summed E-state index contributed by atoms with van der Waals surface area (Å²) in [6.45, 7) is 5.75. The lowest BCUT2D eigenvalue weighted by atomic mass is 9.94. The Morgan fingerprint density at radius 3 is 2.25 bits per heavy atom. The van der Waals surface area contributed by atoms with E-state index < -0.39 is 12.0 Å². The van der Waals surface area contributed by atoms with E-state index in [9.17, 15) is 14.4 Å². The molecule has 1 atom stereocenters. The molecular formula is C40H47ClN8O4. The predicted octanol–water partition coefficient (Wildman–Crippen LogP) is 4.95. The molecule has 4 aromatic rings. The van der Waals surface area contributed by atoms with Gasteiger partial charge in [-0.05, 0) is 84.5 Å². The number of piperidine rings is 1. The van der Waals surface area contributed by atoms with Gasteiger partial charge in [0.1, 0.15) is 6.61 Å². The second kappa shape index (κ2) is 17.5. The zero-order valence-corrected chi connectivity index (χ0v) is 30.7. The fraction of sp³-hybridized carbons (Fsp3) is 0.375. The second-order valence-electron chi connectivity index (χ2n) is 13.8. The van der Waals surface area contributed by atoms with Gasteiger partial charge in [0.2, 0.25) is 5.91 Å². The number of anilines is 2. The maximum atomic E-state index is 13.0. The van der Waals surface area contributed by atoms with E-state index >= 15 is 0 Å². The van der Waals surface area contributed by atoms with Crippen molar-refractivity contribution in [2.45, 2.75) is 38.5 Å². The van der Waals surface area contributed by atoms with Crippen molar-refractivity contribution < 1.29 is 19.1 Å². The van der Waals surface area contributed by atoms with Gasteiger partial charge >= 0.3 is 6.09 Å². The van der Waals surface area contributed by atoms with Gasteiger partial charge in [0.15, 0.2) is 22.5 Å². The lowest BCUT2D eigenvalue weighted by Gasteiger charge is -2.32. The quantitative estimate of drug-likeness (QED) is 0.120. The van der Waals surface area contributed by atoms with Crippen LogP contribution in [0.4, 0.5) is 16.4 Å². The number of amides is 3. The van der Waals surface area contributed by atoms with Gasteiger partial charge in [0, 0.05) is 38.5 Å². The van der Waals surface area contributed by atoms with Crippen molar-refractivity contribution in [3.05, 3.63) is 106 Å². The summed E-state index contributed by atoms with van der Waals surface area (Å²) < 4.78 is 5.61. The van der Waals surface area contributed by atoms with Crippen molar-refractivity contribution in [1.82, 2.24) is 30.8 Å². The number of rotatable bonds is 14. The van der Waals surface area contributed by atoms with Crippen LogP contribution in [0.2, 0.25) is 5.15 Å². The summed E-state index contributed by atoms with van der Waals surface area (Å²) in [6.07, 6.45) is 2.23. The molecule has 3 aromatic carbocycles. The molecular weight excluding hydrogens is 692 g/mol. The van der Waals surface area contributed by atoms with E-state index in [4.69, 9.17) is 27.8 Å². The number of aryl methyl sites for hydroxylation is 1. The van der Waals surface area contributed by atoms with E-state index in [0.717, 1.165) is 36.9 Å². The van der Waals surface area contributed by atoms with E-state index in [-0.39, 0.29) is 59.8 Å². The zero-order valence-electron chi connectivity index (χ0n) is 29.9. The minimum absolute atomic E-state index is 0.0130. The van der Waals surface area contributed by atoms with Crippen LogP contribution in [0.3, 0.4) is 0 Å². The van der Waals surface area contributed by atoms with Gasteiger partial charge < -0.3 is 37.1 Å². The number of likely N-dealkylation sites (tertiary alicyclic amines) is 1. The largest absolute Gasteiger partial charge is 0.449 e. The first-order chi connectivity index (χ1) is 25.7. The second-order valence-corrected chi connectivity index (χ2v) is 14.2. The lowest BCUT2D eigenvalue weighted by molar-refractivity contribution is -0.132. The number of benzene rings is 3. The SMILES string of the molecule is Cc1ccccc1CC(CNCC1CCN(C(=O)CCNC(=O)OCC2c3ccccc3-c3ccccc32)CC1)CNC(=O)c1nc(Cl)c(N)nc1N. The van der Waals surface area contributed by atoms with Gasteiger partial charge in [0.05, 0.1) is 0 Å². The van der Waals surface area contributed by atoms with Crippen LogP contribution in [0, 0.1) is 18.8 Å². The van der Waals surface area contributed by atoms with Crippen LogP contribution in [-0.2, 0) is 16.0 Å². The predicted molar refractivity (Wildman–Crippen MR) is 206 cm³/mol. The highest BCUT2D eigenvalue weighted by Crippen LogP contribution is 2.44. The Kier molecular flexibility index (Phi) is 12.4. The zero-order chi connectivity index (χ0) is 37.3. The third-order valence-electron chi connectivity index (χ3n) is 10.2. The van der Waals surface area contributed by atoms with Crippen molar-refractivity contribution in [3.63, 3.8) is 0 Å². The highest BCUT2D eigenvalue weighted by atomic mass is 35.5. The standard InChI is InChI=1S/C40H47ClN8O4/c1-25-8-2-3-9-28(25)20-27(23-46-39(51)35-37(42)48-38(43)36(41)47-35)22-44-21-26-15-18-49(19-16-26)34(50)14-17-45-40(52)53-24-33-31-12-6-4-10-29(31)30-11-5-7-13-32(30)33/h2-13,26-27,33,44H,14-24H2,1H3,(H,45,52)(H,46,51)(H4,42,43,48). The summed E-state index contributed by atoms with van der Waals surface area (Å²) >= 11 is 5.99. The van der Waals surface area contributed by atoms with E-state index in [2.05, 4.69) is 69.2 Å². The van der Waals surface area contributed by atoms with Gasteiger partial charge in [-0.15, -0.1) is 0 Å². The number of aromatic nitrogens is 2. The Labute approximate surface area is 315 Å². The molecule has 0 spiro atoms. The Morgan fingerprint density at radius 1 is 0.887 bits per heavy atom. The maximum Gasteiger partial charge on any atom is 0.407 e. The van der Waals surface area contributed by atoms with Crippen LogP contribution >= 0.6 is 11.6 Å². The van der Waals surface area contributed by atoms with Crippen molar-refractivity contribution >= 4 is 41.1 Å². The van der Waals surface area contributed by atoms with Gasteiger partial charge in [0.25, 0.3) is 5.91 Å². The Balaban J connectivity index is 0.908. The third kappa shape index (κ3) is 9.43. The monoisotopic (exact) mass is 738 g/mol. The molecule has 13 heteroatoms. The normalized spacial score (nSPS) is 14.6. The molecule has 1 fully saturated rings. The average molecular weight is 739 g/mol. The molecule has 3 amide bonds. The molecule has 53 heavy (non-hydrogen) atoms. The molecule has 1 aliphatic carbocycles. The van der Waals surface area contributed by atoms with Gasteiger partial charge in [-0.1, -0.05) is 84.4 Å². The number of nitrogen functional groups attached to an aromatic ring is 2. The summed E-state index contributed by atoms with van der Waals surface area (Å²) in [5, 5.41) is 9.25. The highest BCUT2D eigenvalue weighted by Gasteiger charge is 2.29. The number of hydrogen-bond donors (Lipinski definition) is 5. The van der Waals surface area contributed by atoms with Gasteiger partial charge in [-0.25, -0.2) is 14.8 Å². The fourth-order valence-electron chi connectivity index (χ4n) is 7.25. The summed E-state index contributed by atoms with van der Waals surface area (Å²) in [6, 6.07) is 24.6. The topological polar surface area (TPSA) is 178 Å². The summed E-state index contributed by atoms with van der Waals surface area (Å²) in [5.74, 6) is -0.0478. The first kappa shape index (κ1) is 37.6. The number of nitrogens with two attached hydrogens (primary N) is 2. The summed E-state index contributed by atoms with van der Waals surface area (Å²) in [4.78, 5) is 48.3. The van der Waals surface area contributed by atoms with Crippen molar-refractivity contribution in [2.24, 2.45) is 11.8 Å². The number of alkyl carbamates (subject to hydrolysis) is 1. The summed E-state index contributed by atoms with van der Waals surface area (Å²) in [5.41, 5.74) is 18.6. The molecule has 1 aromatic heterocycles. The van der Waals surface area contributed by atoms with Crippen LogP contribution in [0.1, 0.15) is 57.9 Å². The summed E-state index contributed by atoms with van der Waals surface area (Å²) in [7, 11) is 0. The molecule has 6 rings (SSSR count). The first-order valence-corrected chi connectivity index (χ1v) is 18.5. The van der Waals surface area contributed by atoms with Crippen LogP contribution in [0.15, 0.2) is 72.8 Å². The van der Waals surface area contributed by atoms with Gasteiger partial charge in [-0.3, -0.25) is 9.59 Å². The number of halogens is 1. The average Bonchev–Trinajstić information content (AvgIpc) is 3.48. The number of carbonyl (C=O) groups is 3. The lowest BCUT2D eigenvalue weighted by Crippen LogP contribution is -2.43.